The van der Waals surface area contributed by atoms with E-state index in [-0.39, 0.29) is 46.6 Å². The minimum absolute atomic E-state index is 0.0149. The summed E-state index contributed by atoms with van der Waals surface area (Å²) in [6.07, 6.45) is 6.19. The maximum absolute atomic E-state index is 14.4. The highest BCUT2D eigenvalue weighted by molar-refractivity contribution is 7.90. The van der Waals surface area contributed by atoms with Crippen LogP contribution in [0.15, 0.2) is 90.6 Å². The van der Waals surface area contributed by atoms with Gasteiger partial charge in [0.2, 0.25) is 11.9 Å². The van der Waals surface area contributed by atoms with Gasteiger partial charge in [-0.1, -0.05) is 41.5 Å². The third-order valence-corrected chi connectivity index (χ3v) is 9.14. The second-order valence-corrected chi connectivity index (χ2v) is 16.5. The number of rotatable bonds is 10. The lowest BCUT2D eigenvalue weighted by Gasteiger charge is -2.27. The molecule has 282 valence electrons. The van der Waals surface area contributed by atoms with Gasteiger partial charge in [0.05, 0.1) is 35.6 Å². The SMILES string of the molecule is CC(C)(C)CN(Cc1c[nH]c(-c2cccnc2F)c1)C(=O)O.CC(C)(C)CN(Cc1cc(-c2cccnc2F)n(S(=O)(=O)c2cccnc2)c1)C(=O)O. The number of pyridine rings is 3. The second-order valence-electron chi connectivity index (χ2n) is 14.7. The summed E-state index contributed by atoms with van der Waals surface area (Å²) in [7, 11) is -4.11. The van der Waals surface area contributed by atoms with E-state index < -0.39 is 34.1 Å². The van der Waals surface area contributed by atoms with E-state index in [0.29, 0.717) is 23.4 Å². The molecule has 13 nitrogen and oxygen atoms in total. The molecule has 3 N–H and O–H groups in total. The Bertz CT molecular complexity index is 2140. The van der Waals surface area contributed by atoms with Crippen LogP contribution in [0.4, 0.5) is 18.4 Å². The quantitative estimate of drug-likeness (QED) is 0.122. The summed E-state index contributed by atoms with van der Waals surface area (Å²) >= 11 is 0. The maximum atomic E-state index is 14.4. The Kier molecular flexibility index (Phi) is 12.4. The molecule has 5 aromatic rings. The first-order valence-electron chi connectivity index (χ1n) is 16.5. The smallest absolute Gasteiger partial charge is 0.407 e. The molecule has 0 fully saturated rings. The molecule has 5 aromatic heterocycles. The number of nitrogens with zero attached hydrogens (tertiary/aromatic N) is 6. The zero-order chi connectivity index (χ0) is 39.1. The van der Waals surface area contributed by atoms with Crippen molar-refractivity contribution in [3.05, 3.63) is 109 Å². The lowest BCUT2D eigenvalue weighted by atomic mass is 9.96. The fourth-order valence-corrected chi connectivity index (χ4v) is 6.77. The molecule has 0 aliphatic heterocycles. The average Bonchev–Trinajstić information content (AvgIpc) is 3.72. The average molecular weight is 752 g/mol. The Morgan fingerprint density at radius 1 is 0.792 bits per heavy atom. The summed E-state index contributed by atoms with van der Waals surface area (Å²) in [5, 5.41) is 18.9. The molecule has 0 atom stereocenters. The van der Waals surface area contributed by atoms with E-state index in [9.17, 15) is 37.0 Å². The molecule has 0 radical (unpaired) electrons. The fraction of sp³-hybridized carbons (Fsp3) is 0.324. The van der Waals surface area contributed by atoms with Crippen LogP contribution in [-0.2, 0) is 23.1 Å². The standard InChI is InChI=1S/C21H23FN4O4S.C16H20FN3O2/c1-21(2,3)14-25(20(27)28)12-15-10-18(17-7-5-9-24-19(17)22)26(13-15)31(29,30)16-6-4-8-23-11-16;1-16(2,3)10-20(15(21)22)9-11-7-13(19-8-11)12-5-4-6-18-14(12)17/h4-11,13H,12,14H2,1-3H3,(H,27,28);4-8,19H,9-10H2,1-3H3,(H,21,22). The first-order valence-corrected chi connectivity index (χ1v) is 17.9. The predicted molar refractivity (Wildman–Crippen MR) is 194 cm³/mol. The summed E-state index contributed by atoms with van der Waals surface area (Å²) in [5.41, 5.74) is 1.73. The Morgan fingerprint density at radius 3 is 1.81 bits per heavy atom. The first-order chi connectivity index (χ1) is 24.7. The number of carboxylic acid groups (broad SMARTS) is 2. The largest absolute Gasteiger partial charge is 0.465 e. The van der Waals surface area contributed by atoms with Crippen molar-refractivity contribution in [3.63, 3.8) is 0 Å². The van der Waals surface area contributed by atoms with Gasteiger partial charge < -0.3 is 25.0 Å². The zero-order valence-corrected chi connectivity index (χ0v) is 31.1. The highest BCUT2D eigenvalue weighted by Gasteiger charge is 2.27. The molecule has 2 amide bonds. The molecule has 0 saturated heterocycles. The van der Waals surface area contributed by atoms with Crippen LogP contribution in [0.5, 0.6) is 0 Å². The van der Waals surface area contributed by atoms with Crippen LogP contribution in [0.25, 0.3) is 22.5 Å². The van der Waals surface area contributed by atoms with Crippen LogP contribution in [0, 0.1) is 22.7 Å². The molecule has 16 heteroatoms. The molecule has 0 bridgehead atoms. The van der Waals surface area contributed by atoms with Crippen molar-refractivity contribution in [2.45, 2.75) is 59.5 Å². The van der Waals surface area contributed by atoms with E-state index in [2.05, 4.69) is 19.9 Å². The summed E-state index contributed by atoms with van der Waals surface area (Å²) in [6.45, 7) is 12.5. The number of nitrogens with one attached hydrogen (secondary N) is 1. The fourth-order valence-electron chi connectivity index (χ4n) is 5.41. The van der Waals surface area contributed by atoms with E-state index in [1.54, 1.807) is 24.4 Å². The van der Waals surface area contributed by atoms with Crippen molar-refractivity contribution in [2.75, 3.05) is 13.1 Å². The zero-order valence-electron chi connectivity index (χ0n) is 30.3. The lowest BCUT2D eigenvalue weighted by molar-refractivity contribution is 0.122. The van der Waals surface area contributed by atoms with E-state index in [0.717, 1.165) is 9.54 Å². The number of aromatic nitrogens is 5. The number of hydrogen-bond acceptors (Lipinski definition) is 7. The number of H-pyrrole nitrogens is 1. The Hall–Kier alpha value is -5.64. The van der Waals surface area contributed by atoms with Gasteiger partial charge in [0.25, 0.3) is 10.0 Å². The van der Waals surface area contributed by atoms with E-state index >= 15 is 0 Å². The van der Waals surface area contributed by atoms with Gasteiger partial charge in [-0.2, -0.15) is 8.78 Å². The molecule has 5 heterocycles. The molecule has 5 rings (SSSR count). The first kappa shape index (κ1) is 40.1. The molecule has 0 aromatic carbocycles. The van der Waals surface area contributed by atoms with Crippen molar-refractivity contribution < 1.29 is 37.0 Å². The Morgan fingerprint density at radius 2 is 1.32 bits per heavy atom. The lowest BCUT2D eigenvalue weighted by Crippen LogP contribution is -2.36. The summed E-state index contributed by atoms with van der Waals surface area (Å²) in [4.78, 5) is 39.6. The number of carbonyl (C=O) groups is 2. The highest BCUT2D eigenvalue weighted by atomic mass is 32.2. The highest BCUT2D eigenvalue weighted by Crippen LogP contribution is 2.30. The number of amides is 2. The van der Waals surface area contributed by atoms with Gasteiger partial charge in [-0.05, 0) is 70.5 Å². The van der Waals surface area contributed by atoms with Crippen molar-refractivity contribution >= 4 is 22.2 Å². The number of hydrogen-bond donors (Lipinski definition) is 3. The topological polar surface area (TPSA) is 175 Å². The van der Waals surface area contributed by atoms with Crippen molar-refractivity contribution in [2.24, 2.45) is 10.8 Å². The molecular weight excluding hydrogens is 709 g/mol. The minimum atomic E-state index is -4.11. The number of halogens is 2. The molecule has 0 saturated carbocycles. The van der Waals surface area contributed by atoms with Gasteiger partial charge in [-0.3, -0.25) is 4.98 Å². The van der Waals surface area contributed by atoms with Gasteiger partial charge >= 0.3 is 12.2 Å². The van der Waals surface area contributed by atoms with Gasteiger partial charge in [0.1, 0.15) is 4.90 Å². The summed E-state index contributed by atoms with van der Waals surface area (Å²) in [6, 6.07) is 12.3. The molecule has 53 heavy (non-hydrogen) atoms. The summed E-state index contributed by atoms with van der Waals surface area (Å²) in [5.74, 6) is -1.39. The third-order valence-electron chi connectivity index (χ3n) is 7.48. The van der Waals surface area contributed by atoms with Gasteiger partial charge in [-0.15, -0.1) is 0 Å². The molecule has 0 aliphatic carbocycles. The van der Waals surface area contributed by atoms with Crippen LogP contribution in [0.1, 0.15) is 52.7 Å². The second kappa shape index (κ2) is 16.4. The Labute approximate surface area is 307 Å². The predicted octanol–water partition coefficient (Wildman–Crippen LogP) is 7.59. The van der Waals surface area contributed by atoms with Crippen LogP contribution in [-0.4, -0.2) is 77.6 Å². The monoisotopic (exact) mass is 751 g/mol. The normalized spacial score (nSPS) is 11.8. The molecular formula is C37H43F2N7O6S. The molecule has 0 spiro atoms. The Balaban J connectivity index is 0.000000251. The van der Waals surface area contributed by atoms with Gasteiger partial charge in [-0.25, -0.2) is 31.9 Å². The number of aromatic amines is 1. The van der Waals surface area contributed by atoms with Crippen molar-refractivity contribution in [3.8, 4) is 22.5 Å². The van der Waals surface area contributed by atoms with Crippen LogP contribution < -0.4 is 0 Å². The van der Waals surface area contributed by atoms with Crippen LogP contribution >= 0.6 is 0 Å². The maximum Gasteiger partial charge on any atom is 0.407 e. The minimum Gasteiger partial charge on any atom is -0.465 e. The van der Waals surface area contributed by atoms with E-state index in [1.807, 2.05) is 41.5 Å². The van der Waals surface area contributed by atoms with Gasteiger partial charge in [0, 0.05) is 50.3 Å². The molecule has 0 aliphatic rings. The van der Waals surface area contributed by atoms with E-state index in [1.165, 1.54) is 71.1 Å². The van der Waals surface area contributed by atoms with Crippen molar-refractivity contribution in [1.82, 2.24) is 33.7 Å². The van der Waals surface area contributed by atoms with Gasteiger partial charge in [0.15, 0.2) is 0 Å². The van der Waals surface area contributed by atoms with Crippen LogP contribution in [0.2, 0.25) is 0 Å². The molecule has 0 unspecified atom stereocenters. The summed E-state index contributed by atoms with van der Waals surface area (Å²) < 4.78 is 55.5. The van der Waals surface area contributed by atoms with Crippen molar-refractivity contribution in [1.29, 1.82) is 0 Å². The third kappa shape index (κ3) is 10.9. The van der Waals surface area contributed by atoms with Crippen LogP contribution in [0.3, 0.4) is 0 Å². The van der Waals surface area contributed by atoms with E-state index in [4.69, 9.17) is 0 Å².